The highest BCUT2D eigenvalue weighted by Gasteiger charge is 2.14. The third-order valence-electron chi connectivity index (χ3n) is 1.81. The van der Waals surface area contributed by atoms with Gasteiger partial charge in [0.2, 0.25) is 0 Å². The third-order valence-corrected chi connectivity index (χ3v) is 1.81. The fraction of sp³-hybridized carbons (Fsp3) is 0.455. The van der Waals surface area contributed by atoms with Crippen LogP contribution in [0.5, 0.6) is 0 Å². The molecular formula is C11H16. The molecule has 0 aromatic heterocycles. The van der Waals surface area contributed by atoms with Gasteiger partial charge in [-0.3, -0.25) is 0 Å². The van der Waals surface area contributed by atoms with Crippen LogP contribution in [0, 0.1) is 6.92 Å². The highest BCUT2D eigenvalue weighted by molar-refractivity contribution is 5.31. The molecule has 0 spiro atoms. The maximum Gasteiger partial charge on any atom is 0.0626 e. The van der Waals surface area contributed by atoms with Gasteiger partial charge in [-0.25, -0.2) is 0 Å². The van der Waals surface area contributed by atoms with Crippen molar-refractivity contribution in [3.05, 3.63) is 35.4 Å². The predicted octanol–water partition coefficient (Wildman–Crippen LogP) is 3.29. The average Bonchev–Trinajstić information content (AvgIpc) is 1.82. The van der Waals surface area contributed by atoms with Gasteiger partial charge >= 0.3 is 0 Å². The summed E-state index contributed by atoms with van der Waals surface area (Å²) in [5.41, 5.74) is 2.46. The molecule has 0 nitrogen and oxygen atoms in total. The summed E-state index contributed by atoms with van der Waals surface area (Å²) in [4.78, 5) is 0. The lowest BCUT2D eigenvalue weighted by Crippen LogP contribution is -2.12. The van der Waals surface area contributed by atoms with Crippen LogP contribution in [0.15, 0.2) is 24.2 Å². The van der Waals surface area contributed by atoms with Crippen molar-refractivity contribution < 1.29 is 1.37 Å². The van der Waals surface area contributed by atoms with Gasteiger partial charge in [0.05, 0.1) is 1.37 Å². The molecule has 0 amide bonds. The van der Waals surface area contributed by atoms with Gasteiger partial charge in [-0.1, -0.05) is 45.0 Å². The Bertz CT molecular complexity index is 261. The van der Waals surface area contributed by atoms with E-state index in [9.17, 15) is 0 Å². The first-order chi connectivity index (χ1) is 5.43. The molecule has 0 aliphatic carbocycles. The number of benzene rings is 1. The zero-order chi connectivity index (χ0) is 9.35. The van der Waals surface area contributed by atoms with Crippen LogP contribution in [0.3, 0.4) is 0 Å². The van der Waals surface area contributed by atoms with Crippen LogP contribution in [0.1, 0.15) is 33.3 Å². The minimum Gasteiger partial charge on any atom is -0.0620 e. The van der Waals surface area contributed by atoms with Gasteiger partial charge < -0.3 is 0 Å². The van der Waals surface area contributed by atoms with Crippen LogP contribution >= 0.6 is 0 Å². The van der Waals surface area contributed by atoms with Crippen LogP contribution in [-0.4, -0.2) is 0 Å². The quantitative estimate of drug-likeness (QED) is 0.531. The summed E-state index contributed by atoms with van der Waals surface area (Å²) in [5, 5.41) is 0. The lowest BCUT2D eigenvalue weighted by molar-refractivity contribution is 0.586. The van der Waals surface area contributed by atoms with Crippen LogP contribution in [-0.2, 0) is 5.41 Å². The molecule has 1 aromatic rings. The average molecular weight is 149 g/mol. The SMILES string of the molecule is [2H]c1cccc(C)c1C(C)(C)C. The molecule has 0 atom stereocenters. The van der Waals surface area contributed by atoms with Gasteiger partial charge in [0.25, 0.3) is 0 Å². The number of aryl methyl sites for hydroxylation is 1. The normalized spacial score (nSPS) is 12.9. The summed E-state index contributed by atoms with van der Waals surface area (Å²) in [5.74, 6) is 0. The molecule has 0 heterocycles. The Morgan fingerprint density at radius 1 is 1.27 bits per heavy atom. The smallest absolute Gasteiger partial charge is 0.0620 e. The second kappa shape index (κ2) is 2.69. The molecule has 1 aromatic carbocycles. The molecule has 1 rings (SSSR count). The van der Waals surface area contributed by atoms with Crippen molar-refractivity contribution in [1.29, 1.82) is 0 Å². The molecule has 0 saturated carbocycles. The van der Waals surface area contributed by atoms with Crippen molar-refractivity contribution >= 4 is 0 Å². The van der Waals surface area contributed by atoms with Crippen LogP contribution in [0.2, 0.25) is 0 Å². The molecule has 0 aliphatic rings. The molecule has 0 saturated heterocycles. The van der Waals surface area contributed by atoms with Crippen molar-refractivity contribution in [2.45, 2.75) is 33.1 Å². The molecule has 0 bridgehead atoms. The molecule has 0 N–H and O–H groups in total. The first kappa shape index (κ1) is 6.90. The van der Waals surface area contributed by atoms with E-state index in [1.165, 1.54) is 5.56 Å². The second-order valence-corrected chi connectivity index (χ2v) is 3.98. The van der Waals surface area contributed by atoms with Crippen molar-refractivity contribution in [2.75, 3.05) is 0 Å². The monoisotopic (exact) mass is 149 g/mol. The van der Waals surface area contributed by atoms with Crippen LogP contribution in [0.4, 0.5) is 0 Å². The lowest BCUT2D eigenvalue weighted by Gasteiger charge is -2.21. The largest absolute Gasteiger partial charge is 0.0626 e. The van der Waals surface area contributed by atoms with E-state index in [1.54, 1.807) is 0 Å². The summed E-state index contributed by atoms with van der Waals surface area (Å²) in [6.07, 6.45) is 0. The maximum atomic E-state index is 7.77. The van der Waals surface area contributed by atoms with E-state index < -0.39 is 0 Å². The first-order valence-electron chi connectivity index (χ1n) is 4.49. The Morgan fingerprint density at radius 2 is 1.91 bits per heavy atom. The molecule has 0 unspecified atom stereocenters. The molecule has 60 valence electrons. The standard InChI is InChI=1S/C11H16/c1-9-7-5-6-8-10(9)11(2,3)4/h5-8H,1-4H3/i8D. The molecule has 0 radical (unpaired) electrons. The van der Waals surface area contributed by atoms with E-state index in [2.05, 4.69) is 33.8 Å². The highest BCUT2D eigenvalue weighted by Crippen LogP contribution is 2.24. The Labute approximate surface area is 70.7 Å². The van der Waals surface area contributed by atoms with Crippen molar-refractivity contribution in [2.24, 2.45) is 0 Å². The van der Waals surface area contributed by atoms with E-state index in [1.807, 2.05) is 12.1 Å². The Balaban J connectivity index is 3.31. The van der Waals surface area contributed by atoms with Gasteiger partial charge in [-0.2, -0.15) is 0 Å². The summed E-state index contributed by atoms with van der Waals surface area (Å²) in [6, 6.07) is 6.52. The molecule has 0 aliphatic heterocycles. The lowest BCUT2D eigenvalue weighted by atomic mass is 9.84. The highest BCUT2D eigenvalue weighted by atomic mass is 14.2. The minimum atomic E-state index is 0.0857. The second-order valence-electron chi connectivity index (χ2n) is 3.98. The zero-order valence-electron chi connectivity index (χ0n) is 8.73. The van der Waals surface area contributed by atoms with Crippen molar-refractivity contribution in [1.82, 2.24) is 0 Å². The van der Waals surface area contributed by atoms with Crippen LogP contribution in [0.25, 0.3) is 0 Å². The Kier molecular flexibility index (Phi) is 1.69. The van der Waals surface area contributed by atoms with E-state index in [0.29, 0.717) is 6.04 Å². The number of hydrogen-bond donors (Lipinski definition) is 0. The summed E-state index contributed by atoms with van der Waals surface area (Å²) in [7, 11) is 0. The third kappa shape index (κ3) is 1.83. The van der Waals surface area contributed by atoms with Crippen molar-refractivity contribution in [3.63, 3.8) is 0 Å². The van der Waals surface area contributed by atoms with Crippen molar-refractivity contribution in [3.8, 4) is 0 Å². The predicted molar refractivity (Wildman–Crippen MR) is 49.9 cm³/mol. The Morgan fingerprint density at radius 3 is 2.27 bits per heavy atom. The van der Waals surface area contributed by atoms with Gasteiger partial charge in [-0.15, -0.1) is 0 Å². The molecule has 0 fully saturated rings. The van der Waals surface area contributed by atoms with E-state index >= 15 is 0 Å². The van der Waals surface area contributed by atoms with Gasteiger partial charge in [-0.05, 0) is 23.5 Å². The van der Waals surface area contributed by atoms with Crippen LogP contribution < -0.4 is 0 Å². The number of rotatable bonds is 0. The fourth-order valence-corrected chi connectivity index (χ4v) is 1.33. The van der Waals surface area contributed by atoms with E-state index in [-0.39, 0.29) is 5.41 Å². The van der Waals surface area contributed by atoms with Gasteiger partial charge in [0.1, 0.15) is 0 Å². The number of hydrogen-bond acceptors (Lipinski definition) is 0. The zero-order valence-corrected chi connectivity index (χ0v) is 7.73. The summed E-state index contributed by atoms with van der Waals surface area (Å²) < 4.78 is 7.77. The topological polar surface area (TPSA) is 0 Å². The Hall–Kier alpha value is -0.780. The molecule has 0 heteroatoms. The molecule has 11 heavy (non-hydrogen) atoms. The minimum absolute atomic E-state index is 0.0857. The van der Waals surface area contributed by atoms with Gasteiger partial charge in [0, 0.05) is 0 Å². The first-order valence-corrected chi connectivity index (χ1v) is 3.99. The molecular weight excluding hydrogens is 132 g/mol. The van der Waals surface area contributed by atoms with E-state index in [4.69, 9.17) is 1.37 Å². The van der Waals surface area contributed by atoms with E-state index in [0.717, 1.165) is 5.56 Å². The summed E-state index contributed by atoms with van der Waals surface area (Å²) in [6.45, 7) is 8.51. The maximum absolute atomic E-state index is 7.77. The fourth-order valence-electron chi connectivity index (χ4n) is 1.33. The summed E-state index contributed by atoms with van der Waals surface area (Å²) >= 11 is 0. The van der Waals surface area contributed by atoms with Gasteiger partial charge in [0.15, 0.2) is 0 Å².